The first-order chi connectivity index (χ1) is 11.2. The van der Waals surface area contributed by atoms with Crippen LogP contribution in [0.25, 0.3) is 16.8 Å². The molecule has 0 amide bonds. The summed E-state index contributed by atoms with van der Waals surface area (Å²) in [6, 6.07) is 8.62. The summed E-state index contributed by atoms with van der Waals surface area (Å²) in [7, 11) is 0. The summed E-state index contributed by atoms with van der Waals surface area (Å²) in [5.74, 6) is 1.66. The molecular weight excluding hydrogens is 282 g/mol. The van der Waals surface area contributed by atoms with Crippen molar-refractivity contribution < 1.29 is 0 Å². The van der Waals surface area contributed by atoms with E-state index in [-0.39, 0.29) is 0 Å². The number of aromatic nitrogens is 3. The van der Waals surface area contributed by atoms with Gasteiger partial charge in [0.25, 0.3) is 0 Å². The fourth-order valence-electron chi connectivity index (χ4n) is 4.18. The van der Waals surface area contributed by atoms with Gasteiger partial charge in [0.2, 0.25) is 0 Å². The van der Waals surface area contributed by atoms with Gasteiger partial charge in [0.15, 0.2) is 0 Å². The van der Waals surface area contributed by atoms with Gasteiger partial charge >= 0.3 is 0 Å². The van der Waals surface area contributed by atoms with E-state index >= 15 is 0 Å². The van der Waals surface area contributed by atoms with Gasteiger partial charge in [0.05, 0.1) is 5.69 Å². The lowest BCUT2D eigenvalue weighted by molar-refractivity contribution is 0.620. The normalized spacial score (nSPS) is 28.0. The molecule has 2 aromatic rings. The van der Waals surface area contributed by atoms with Crippen molar-refractivity contribution in [1.29, 1.82) is 0 Å². The quantitative estimate of drug-likeness (QED) is 0.838. The fraction of sp³-hybridized carbons (Fsp3) is 0.300. The third kappa shape index (κ3) is 1.83. The van der Waals surface area contributed by atoms with Gasteiger partial charge in [-0.05, 0) is 35.8 Å². The van der Waals surface area contributed by atoms with Crippen LogP contribution in [0.3, 0.4) is 0 Å². The average Bonchev–Trinajstić information content (AvgIpc) is 3.04. The monoisotopic (exact) mass is 303 g/mol. The van der Waals surface area contributed by atoms with E-state index in [0.717, 1.165) is 23.5 Å². The second-order valence-corrected chi connectivity index (χ2v) is 6.38. The Kier molecular flexibility index (Phi) is 3.12. The molecule has 0 radical (unpaired) electrons. The molecule has 0 bridgehead atoms. The molecule has 0 spiro atoms. The molecule has 3 atom stereocenters. The van der Waals surface area contributed by atoms with Gasteiger partial charge in [-0.3, -0.25) is 0 Å². The van der Waals surface area contributed by atoms with Gasteiger partial charge in [-0.2, -0.15) is 0 Å². The number of nitrogens with zero attached hydrogens (tertiary/aromatic N) is 3. The van der Waals surface area contributed by atoms with E-state index < -0.39 is 0 Å². The third-order valence-electron chi connectivity index (χ3n) is 5.34. The van der Waals surface area contributed by atoms with E-state index in [1.54, 1.807) is 0 Å². The van der Waals surface area contributed by atoms with Crippen molar-refractivity contribution >= 4 is 5.57 Å². The van der Waals surface area contributed by atoms with Gasteiger partial charge in [-0.25, -0.2) is 4.68 Å². The van der Waals surface area contributed by atoms with E-state index in [0.29, 0.717) is 17.8 Å². The minimum absolute atomic E-state index is 0.509. The van der Waals surface area contributed by atoms with Crippen LogP contribution in [-0.4, -0.2) is 15.0 Å². The molecule has 0 aliphatic heterocycles. The third-order valence-corrected chi connectivity index (χ3v) is 5.34. The Morgan fingerprint density at radius 2 is 1.96 bits per heavy atom. The van der Waals surface area contributed by atoms with Crippen LogP contribution < -0.4 is 0 Å². The number of fused-ring (bicyclic) bond motifs is 5. The highest BCUT2D eigenvalue weighted by molar-refractivity contribution is 5.87. The van der Waals surface area contributed by atoms with Crippen molar-refractivity contribution in [3.63, 3.8) is 0 Å². The molecule has 1 heterocycles. The molecule has 3 nitrogen and oxygen atoms in total. The average molecular weight is 303 g/mol. The van der Waals surface area contributed by atoms with Gasteiger partial charge < -0.3 is 0 Å². The Morgan fingerprint density at radius 1 is 1.17 bits per heavy atom. The van der Waals surface area contributed by atoms with Gasteiger partial charge in [-0.15, -0.1) is 5.10 Å². The molecule has 1 saturated carbocycles. The predicted molar refractivity (Wildman–Crippen MR) is 93.8 cm³/mol. The molecule has 0 N–H and O–H groups in total. The van der Waals surface area contributed by atoms with E-state index in [2.05, 4.69) is 61.6 Å². The second-order valence-electron chi connectivity index (χ2n) is 6.38. The zero-order valence-corrected chi connectivity index (χ0v) is 13.7. The van der Waals surface area contributed by atoms with Crippen molar-refractivity contribution in [2.24, 2.45) is 11.8 Å². The maximum Gasteiger partial charge on any atom is 0.121 e. The highest BCUT2D eigenvalue weighted by Gasteiger charge is 2.51. The SMILES string of the molecule is C=C/C1=C(\C=C)C2C(C)C2c2ccccc2-c2nnn(CC)c21. The first-order valence-electron chi connectivity index (χ1n) is 8.25. The number of hydrogen-bond acceptors (Lipinski definition) is 2. The summed E-state index contributed by atoms with van der Waals surface area (Å²) < 4.78 is 1.97. The Labute approximate surface area is 137 Å². The number of allylic oxidation sites excluding steroid dienone is 4. The van der Waals surface area contributed by atoms with E-state index in [1.165, 1.54) is 16.7 Å². The molecule has 2 aliphatic carbocycles. The molecule has 1 aromatic heterocycles. The van der Waals surface area contributed by atoms with Crippen molar-refractivity contribution in [1.82, 2.24) is 15.0 Å². The largest absolute Gasteiger partial charge is 0.244 e. The van der Waals surface area contributed by atoms with Crippen LogP contribution in [-0.2, 0) is 6.54 Å². The number of aryl methyl sites for hydroxylation is 1. The van der Waals surface area contributed by atoms with E-state index in [9.17, 15) is 0 Å². The molecule has 2 aliphatic rings. The molecular formula is C20H21N3. The molecule has 116 valence electrons. The Balaban J connectivity index is 2.11. The van der Waals surface area contributed by atoms with Gasteiger partial charge in [0, 0.05) is 17.7 Å². The number of hydrogen-bond donors (Lipinski definition) is 0. The standard InChI is InChI=1S/C20H21N3/c1-5-13-14(6-2)20-19(21-22-23(20)7-3)16-11-9-8-10-15(16)18-12(4)17(13)18/h5-6,8-12,17-18H,1-2,7H2,3-4H3/b14-13-. The minimum Gasteiger partial charge on any atom is -0.244 e. The van der Waals surface area contributed by atoms with Crippen LogP contribution in [0.1, 0.15) is 31.0 Å². The summed E-state index contributed by atoms with van der Waals surface area (Å²) in [4.78, 5) is 0. The Morgan fingerprint density at radius 3 is 2.65 bits per heavy atom. The maximum absolute atomic E-state index is 4.51. The summed E-state index contributed by atoms with van der Waals surface area (Å²) in [5.41, 5.74) is 7.05. The second kappa shape index (κ2) is 5.05. The van der Waals surface area contributed by atoms with Crippen molar-refractivity contribution in [3.8, 4) is 11.3 Å². The molecule has 3 unspecified atom stereocenters. The van der Waals surface area contributed by atoms with Crippen LogP contribution in [0.5, 0.6) is 0 Å². The van der Waals surface area contributed by atoms with Crippen molar-refractivity contribution in [2.45, 2.75) is 26.3 Å². The summed E-state index contributed by atoms with van der Waals surface area (Å²) in [5, 5.41) is 8.89. The number of benzene rings is 1. The lowest BCUT2D eigenvalue weighted by atomic mass is 9.89. The van der Waals surface area contributed by atoms with Gasteiger partial charge in [0.1, 0.15) is 5.69 Å². The Hall–Kier alpha value is -2.42. The molecule has 23 heavy (non-hydrogen) atoms. The molecule has 1 aromatic carbocycles. The zero-order valence-electron chi connectivity index (χ0n) is 13.7. The molecule has 1 fully saturated rings. The first-order valence-corrected chi connectivity index (χ1v) is 8.25. The highest BCUT2D eigenvalue weighted by Crippen LogP contribution is 2.61. The Bertz CT molecular complexity index is 840. The van der Waals surface area contributed by atoms with Crippen molar-refractivity contribution in [3.05, 3.63) is 66.4 Å². The maximum atomic E-state index is 4.51. The van der Waals surface area contributed by atoms with Crippen LogP contribution in [0.15, 0.2) is 55.1 Å². The summed E-state index contributed by atoms with van der Waals surface area (Å²) >= 11 is 0. The molecule has 0 saturated heterocycles. The minimum atomic E-state index is 0.509. The van der Waals surface area contributed by atoms with Crippen LogP contribution in [0.2, 0.25) is 0 Å². The van der Waals surface area contributed by atoms with Crippen molar-refractivity contribution in [2.75, 3.05) is 0 Å². The molecule has 3 heteroatoms. The summed E-state index contributed by atoms with van der Waals surface area (Å²) in [6.07, 6.45) is 3.95. The fourth-order valence-corrected chi connectivity index (χ4v) is 4.18. The first kappa shape index (κ1) is 14.2. The van der Waals surface area contributed by atoms with Crippen LogP contribution >= 0.6 is 0 Å². The van der Waals surface area contributed by atoms with E-state index in [1.807, 2.05) is 16.8 Å². The van der Waals surface area contributed by atoms with Crippen LogP contribution in [0.4, 0.5) is 0 Å². The number of rotatable bonds is 3. The highest BCUT2D eigenvalue weighted by atomic mass is 15.4. The van der Waals surface area contributed by atoms with Gasteiger partial charge in [-0.1, -0.05) is 61.7 Å². The smallest absolute Gasteiger partial charge is 0.121 e. The lowest BCUT2D eigenvalue weighted by Gasteiger charge is -2.17. The summed E-state index contributed by atoms with van der Waals surface area (Å²) in [6.45, 7) is 13.4. The predicted octanol–water partition coefficient (Wildman–Crippen LogP) is 4.45. The lowest BCUT2D eigenvalue weighted by Crippen LogP contribution is -2.06. The van der Waals surface area contributed by atoms with Crippen LogP contribution in [0, 0.1) is 11.8 Å². The topological polar surface area (TPSA) is 30.7 Å². The molecule has 4 rings (SSSR count). The zero-order chi connectivity index (χ0) is 16.1. The van der Waals surface area contributed by atoms with E-state index in [4.69, 9.17) is 0 Å².